The molecule has 4 atom stereocenters. The van der Waals surface area contributed by atoms with Gasteiger partial charge in [-0.15, -0.1) is 0 Å². The molecule has 0 amide bonds. The number of nitrogens with zero attached hydrogens (tertiary/aromatic N) is 5. The fourth-order valence-corrected chi connectivity index (χ4v) is 7.14. The molecule has 3 N–H and O–H groups in total. The fraction of sp³-hybridized carbons (Fsp3) is 0.452. The second-order valence-electron chi connectivity index (χ2n) is 11.9. The Morgan fingerprint density at radius 3 is 2.65 bits per heavy atom. The zero-order valence-electron chi connectivity index (χ0n) is 23.6. The summed E-state index contributed by atoms with van der Waals surface area (Å²) in [6, 6.07) is 5.56. The minimum Gasteiger partial charge on any atom is -0.508 e. The van der Waals surface area contributed by atoms with Crippen LogP contribution in [0.3, 0.4) is 0 Å². The van der Waals surface area contributed by atoms with Crippen molar-refractivity contribution in [3.63, 3.8) is 0 Å². The third-order valence-electron chi connectivity index (χ3n) is 9.19. The van der Waals surface area contributed by atoms with Gasteiger partial charge >= 0.3 is 6.01 Å². The van der Waals surface area contributed by atoms with Gasteiger partial charge in [0.2, 0.25) is 0 Å². The molecule has 3 aliphatic rings. The molecule has 2 aromatic carbocycles. The normalized spacial score (nSPS) is 25.7. The minimum absolute atomic E-state index is 0.0493. The molecule has 0 saturated carbocycles. The zero-order valence-corrected chi connectivity index (χ0v) is 23.6. The summed E-state index contributed by atoms with van der Waals surface area (Å²) in [5, 5.41) is 32.2. The van der Waals surface area contributed by atoms with Gasteiger partial charge in [0.25, 0.3) is 0 Å². The molecule has 0 aliphatic carbocycles. The first kappa shape index (κ1) is 28.1. The maximum atomic E-state index is 16.6. The van der Waals surface area contributed by atoms with E-state index in [-0.39, 0.29) is 59.4 Å². The van der Waals surface area contributed by atoms with Gasteiger partial charge in [-0.3, -0.25) is 9.88 Å². The number of aryl methyl sites for hydroxylation is 1. The number of hydrogen-bond acceptors (Lipinski definition) is 9. The van der Waals surface area contributed by atoms with E-state index < -0.39 is 35.6 Å². The highest BCUT2D eigenvalue weighted by molar-refractivity contribution is 6.01. The van der Waals surface area contributed by atoms with Gasteiger partial charge in [0.1, 0.15) is 41.4 Å². The van der Waals surface area contributed by atoms with Crippen LogP contribution in [0.1, 0.15) is 31.7 Å². The molecule has 4 aromatic rings. The van der Waals surface area contributed by atoms with Crippen LogP contribution in [0, 0.1) is 11.6 Å². The predicted molar refractivity (Wildman–Crippen MR) is 154 cm³/mol. The van der Waals surface area contributed by atoms with E-state index in [1.54, 1.807) is 11.8 Å². The van der Waals surface area contributed by atoms with Crippen LogP contribution >= 0.6 is 0 Å². The van der Waals surface area contributed by atoms with E-state index in [0.29, 0.717) is 35.7 Å². The number of pyridine rings is 1. The highest BCUT2D eigenvalue weighted by Gasteiger charge is 2.49. The van der Waals surface area contributed by atoms with Crippen LogP contribution in [0.15, 0.2) is 30.5 Å². The average molecular weight is 596 g/mol. The third kappa shape index (κ3) is 4.63. The molecule has 0 unspecified atom stereocenters. The standard InChI is InChI=1S/C31H32F3N5O4/c1-2-19-22(33)5-4-16-8-18(40)9-20(25(16)19)27-26(34)28-21(11-35-27)29(38-13-23(41)24(42)14-38)37-30(36-28)43-15-31-6-3-7-39(31)12-17(32)10-31/h4-5,8-9,11,17,23-24,40-42H,2-3,6-7,10,12-15H2,1H3/t17-,23+,24+,31+/m1/s1. The van der Waals surface area contributed by atoms with Crippen molar-refractivity contribution in [3.8, 4) is 23.0 Å². The van der Waals surface area contributed by atoms with E-state index in [9.17, 15) is 24.1 Å². The van der Waals surface area contributed by atoms with Crippen molar-refractivity contribution in [1.82, 2.24) is 19.9 Å². The van der Waals surface area contributed by atoms with Crippen molar-refractivity contribution in [2.24, 2.45) is 0 Å². The lowest BCUT2D eigenvalue weighted by molar-refractivity contribution is 0.0572. The molecule has 3 aliphatic heterocycles. The van der Waals surface area contributed by atoms with Crippen LogP contribution in [0.5, 0.6) is 11.8 Å². The minimum atomic E-state index is -1.03. The summed E-state index contributed by atoms with van der Waals surface area (Å²) in [5.41, 5.74) is -0.170. The second-order valence-corrected chi connectivity index (χ2v) is 11.9. The number of phenolic OH excluding ortho intramolecular Hbond substituents is 1. The SMILES string of the molecule is CCc1c(F)ccc2cc(O)cc(-c3ncc4c(N5C[C@H](O)[C@@H](O)C5)nc(OC[C@@]56CCCN5C[C@H](F)C6)nc4c3F)c12. The lowest BCUT2D eigenvalue weighted by Crippen LogP contribution is -2.43. The predicted octanol–water partition coefficient (Wildman–Crippen LogP) is 3.89. The highest BCUT2D eigenvalue weighted by Crippen LogP contribution is 2.42. The molecule has 0 spiro atoms. The van der Waals surface area contributed by atoms with E-state index in [2.05, 4.69) is 19.9 Å². The average Bonchev–Trinajstić information content (AvgIpc) is 3.62. The van der Waals surface area contributed by atoms with Crippen LogP contribution in [-0.4, -0.2) is 91.9 Å². The van der Waals surface area contributed by atoms with Gasteiger partial charge < -0.3 is 25.0 Å². The van der Waals surface area contributed by atoms with Gasteiger partial charge in [0.15, 0.2) is 5.82 Å². The van der Waals surface area contributed by atoms with Gasteiger partial charge in [0, 0.05) is 37.8 Å². The van der Waals surface area contributed by atoms with Gasteiger partial charge in [-0.1, -0.05) is 13.0 Å². The first-order valence-electron chi connectivity index (χ1n) is 14.6. The molecule has 226 valence electrons. The van der Waals surface area contributed by atoms with Crippen LogP contribution in [0.2, 0.25) is 0 Å². The van der Waals surface area contributed by atoms with Crippen molar-refractivity contribution >= 4 is 27.5 Å². The number of phenols is 1. The Morgan fingerprint density at radius 2 is 1.88 bits per heavy atom. The van der Waals surface area contributed by atoms with E-state index in [0.717, 1.165) is 19.4 Å². The summed E-state index contributed by atoms with van der Waals surface area (Å²) in [4.78, 5) is 17.1. The number of fused-ring (bicyclic) bond motifs is 3. The molecule has 0 radical (unpaired) electrons. The molecule has 3 saturated heterocycles. The summed E-state index contributed by atoms with van der Waals surface area (Å²) >= 11 is 0. The van der Waals surface area contributed by atoms with Crippen molar-refractivity contribution in [2.45, 2.75) is 56.5 Å². The molecular formula is C31H32F3N5O4. The number of hydrogen-bond donors (Lipinski definition) is 3. The van der Waals surface area contributed by atoms with E-state index >= 15 is 4.39 Å². The number of aliphatic hydroxyl groups excluding tert-OH is 2. The molecule has 12 heteroatoms. The number of ether oxygens (including phenoxy) is 1. The number of rotatable bonds is 6. The number of anilines is 1. The van der Waals surface area contributed by atoms with E-state index in [4.69, 9.17) is 4.74 Å². The largest absolute Gasteiger partial charge is 0.508 e. The van der Waals surface area contributed by atoms with Gasteiger partial charge in [-0.2, -0.15) is 9.97 Å². The lowest BCUT2D eigenvalue weighted by Gasteiger charge is -2.31. The Labute approximate surface area is 245 Å². The summed E-state index contributed by atoms with van der Waals surface area (Å²) in [7, 11) is 0. The van der Waals surface area contributed by atoms with E-state index in [1.165, 1.54) is 30.5 Å². The molecule has 43 heavy (non-hydrogen) atoms. The Morgan fingerprint density at radius 1 is 1.09 bits per heavy atom. The Balaban J connectivity index is 1.38. The van der Waals surface area contributed by atoms with Crippen molar-refractivity contribution < 1.29 is 33.2 Å². The topological polar surface area (TPSA) is 115 Å². The van der Waals surface area contributed by atoms with Crippen molar-refractivity contribution in [3.05, 3.63) is 47.7 Å². The third-order valence-corrected chi connectivity index (χ3v) is 9.19. The Hall–Kier alpha value is -3.74. The molecule has 7 rings (SSSR count). The lowest BCUT2D eigenvalue weighted by atomic mass is 9.94. The number of aliphatic hydroxyl groups is 2. The first-order valence-corrected chi connectivity index (χ1v) is 14.6. The molecule has 9 nitrogen and oxygen atoms in total. The molecular weight excluding hydrogens is 563 g/mol. The van der Waals surface area contributed by atoms with Crippen LogP contribution in [0.4, 0.5) is 19.0 Å². The second kappa shape index (κ2) is 10.5. The summed E-state index contributed by atoms with van der Waals surface area (Å²) < 4.78 is 51.9. The van der Waals surface area contributed by atoms with Crippen LogP contribution in [-0.2, 0) is 6.42 Å². The van der Waals surface area contributed by atoms with Crippen molar-refractivity contribution in [1.29, 1.82) is 0 Å². The highest BCUT2D eigenvalue weighted by atomic mass is 19.1. The summed E-state index contributed by atoms with van der Waals surface area (Å²) in [6.07, 6.45) is 0.738. The number of aromatic hydroxyl groups is 1. The monoisotopic (exact) mass is 595 g/mol. The molecule has 0 bridgehead atoms. The summed E-state index contributed by atoms with van der Waals surface area (Å²) in [6.45, 7) is 3.14. The molecule has 5 heterocycles. The number of alkyl halides is 1. The Kier molecular flexibility index (Phi) is 6.82. The summed E-state index contributed by atoms with van der Waals surface area (Å²) in [5.74, 6) is -1.18. The quantitative estimate of drug-likeness (QED) is 0.306. The maximum Gasteiger partial charge on any atom is 0.319 e. The molecule has 3 fully saturated rings. The van der Waals surface area contributed by atoms with E-state index in [1.807, 2.05) is 0 Å². The Bertz CT molecular complexity index is 1730. The smallest absolute Gasteiger partial charge is 0.319 e. The van der Waals surface area contributed by atoms with Gasteiger partial charge in [0.05, 0.1) is 23.1 Å². The van der Waals surface area contributed by atoms with Crippen molar-refractivity contribution in [2.75, 3.05) is 37.7 Å². The van der Waals surface area contributed by atoms with Gasteiger partial charge in [-0.05, 0) is 60.3 Å². The van der Waals surface area contributed by atoms with Crippen LogP contribution < -0.4 is 9.64 Å². The van der Waals surface area contributed by atoms with Crippen LogP contribution in [0.25, 0.3) is 32.9 Å². The number of β-amino-alcohol motifs (C(OH)–C–C–N with tert-alkyl or cyclic N) is 2. The zero-order chi connectivity index (χ0) is 30.0. The number of halogens is 3. The first-order chi connectivity index (χ1) is 20.7. The number of benzene rings is 2. The maximum absolute atomic E-state index is 16.6. The fourth-order valence-electron chi connectivity index (χ4n) is 7.14. The van der Waals surface area contributed by atoms with Gasteiger partial charge in [-0.25, -0.2) is 13.2 Å². The number of aromatic nitrogens is 3. The molecule has 2 aromatic heterocycles.